The van der Waals surface area contributed by atoms with E-state index in [2.05, 4.69) is 36.9 Å². The Hall–Kier alpha value is -1.38. The summed E-state index contributed by atoms with van der Waals surface area (Å²) in [6.07, 6.45) is 4.03. The second-order valence-electron chi connectivity index (χ2n) is 6.14. The van der Waals surface area contributed by atoms with Gasteiger partial charge in [-0.15, -0.1) is 36.2 Å². The third-order valence-corrected chi connectivity index (χ3v) is 5.50. The highest BCUT2D eigenvalue weighted by Gasteiger charge is 2.18. The van der Waals surface area contributed by atoms with Crippen molar-refractivity contribution in [3.8, 4) is 11.5 Å². The van der Waals surface area contributed by atoms with Crippen molar-refractivity contribution in [1.29, 1.82) is 0 Å². The van der Waals surface area contributed by atoms with E-state index >= 15 is 0 Å². The van der Waals surface area contributed by atoms with Crippen LogP contribution < -0.4 is 15.4 Å². The molecule has 0 atom stereocenters. The first kappa shape index (κ1) is 22.9. The van der Waals surface area contributed by atoms with E-state index in [-0.39, 0.29) is 24.8 Å². The van der Waals surface area contributed by atoms with E-state index in [1.165, 1.54) is 5.69 Å². The molecule has 0 amide bonds. The number of piperidine rings is 1. The topological polar surface area (TPSA) is 59.1 Å². The number of thiazole rings is 1. The summed E-state index contributed by atoms with van der Waals surface area (Å²) in [4.78, 5) is 9.24. The minimum atomic E-state index is 0. The van der Waals surface area contributed by atoms with Crippen molar-refractivity contribution >= 4 is 63.0 Å². The zero-order valence-corrected chi connectivity index (χ0v) is 19.0. The molecule has 0 aliphatic carbocycles. The van der Waals surface area contributed by atoms with Crippen LogP contribution >= 0.6 is 52.1 Å². The number of ether oxygens (including phenoxy) is 1. The van der Waals surface area contributed by atoms with Gasteiger partial charge in [-0.05, 0) is 54.0 Å². The van der Waals surface area contributed by atoms with Gasteiger partial charge in [0.2, 0.25) is 0 Å². The Bertz CT molecular complexity index is 875. The van der Waals surface area contributed by atoms with Gasteiger partial charge in [-0.1, -0.05) is 18.2 Å². The number of aromatic nitrogens is 2. The summed E-state index contributed by atoms with van der Waals surface area (Å²) in [6.45, 7) is 2.13. The molecule has 0 bridgehead atoms. The van der Waals surface area contributed by atoms with Gasteiger partial charge in [0.1, 0.15) is 5.75 Å². The summed E-state index contributed by atoms with van der Waals surface area (Å²) >= 11 is 5.07. The number of nitrogens with zero attached hydrogens (tertiary/aromatic N) is 2. The Morgan fingerprint density at radius 2 is 1.89 bits per heavy atom. The molecular weight excluding hydrogens is 483 g/mol. The second-order valence-corrected chi connectivity index (χ2v) is 7.92. The predicted octanol–water partition coefficient (Wildman–Crippen LogP) is 6.15. The third-order valence-electron chi connectivity index (χ3n) is 4.30. The molecule has 1 aliphatic rings. The largest absolute Gasteiger partial charge is 0.453 e. The van der Waals surface area contributed by atoms with Crippen LogP contribution in [0.2, 0.25) is 0 Å². The molecule has 2 aromatic heterocycles. The molecule has 150 valence electrons. The maximum Gasteiger partial charge on any atom is 0.188 e. The third kappa shape index (κ3) is 5.81. The lowest BCUT2D eigenvalue weighted by Gasteiger charge is -2.20. The zero-order chi connectivity index (χ0) is 17.8. The van der Waals surface area contributed by atoms with Crippen LogP contribution in [0.1, 0.15) is 24.5 Å². The molecule has 1 aliphatic heterocycles. The maximum atomic E-state index is 6.00. The molecule has 2 N–H and O–H groups in total. The van der Waals surface area contributed by atoms with E-state index in [4.69, 9.17) is 9.72 Å². The summed E-state index contributed by atoms with van der Waals surface area (Å²) in [5, 5.41) is 9.70. The summed E-state index contributed by atoms with van der Waals surface area (Å²) < 4.78 is 6.86. The van der Waals surface area contributed by atoms with E-state index in [1.54, 1.807) is 17.5 Å². The van der Waals surface area contributed by atoms with Gasteiger partial charge in [0.25, 0.3) is 0 Å². The van der Waals surface area contributed by atoms with Crippen molar-refractivity contribution in [3.05, 3.63) is 58.1 Å². The van der Waals surface area contributed by atoms with Crippen LogP contribution in [0.25, 0.3) is 0 Å². The molecule has 1 aromatic carbocycles. The minimum absolute atomic E-state index is 0. The molecule has 4 rings (SSSR count). The number of para-hydroxylation sites is 1. The predicted molar refractivity (Wildman–Crippen MR) is 123 cm³/mol. The van der Waals surface area contributed by atoms with Gasteiger partial charge in [0, 0.05) is 28.0 Å². The van der Waals surface area contributed by atoms with Crippen LogP contribution in [0.3, 0.4) is 0 Å². The number of rotatable bonds is 5. The second kappa shape index (κ2) is 11.0. The van der Waals surface area contributed by atoms with E-state index in [9.17, 15) is 0 Å². The number of pyridine rings is 1. The molecule has 1 saturated heterocycles. The molecule has 0 radical (unpaired) electrons. The number of hydrogen-bond donors (Lipinski definition) is 2. The standard InChI is InChI=1S/C19H19BrN4OS.2ClH/c20-14-10-17(25-15-4-2-1-3-5-15)18(22-11-14)24-19-23-16(12-26-19)13-6-8-21-9-7-13;;/h1-5,10-13,21H,6-9H2,(H,22,23,24);2*1H. The summed E-state index contributed by atoms with van der Waals surface area (Å²) in [5.74, 6) is 2.62. The Balaban J connectivity index is 0.00000140. The van der Waals surface area contributed by atoms with Crippen LogP contribution in [0.4, 0.5) is 10.9 Å². The highest BCUT2D eigenvalue weighted by atomic mass is 79.9. The molecule has 3 heterocycles. The smallest absolute Gasteiger partial charge is 0.188 e. The summed E-state index contributed by atoms with van der Waals surface area (Å²) in [6, 6.07) is 11.6. The lowest BCUT2D eigenvalue weighted by Crippen LogP contribution is -2.26. The Morgan fingerprint density at radius 1 is 1.14 bits per heavy atom. The highest BCUT2D eigenvalue weighted by Crippen LogP contribution is 2.34. The normalized spacial score (nSPS) is 13.9. The summed E-state index contributed by atoms with van der Waals surface area (Å²) in [7, 11) is 0. The first-order valence-electron chi connectivity index (χ1n) is 8.59. The number of halogens is 3. The quantitative estimate of drug-likeness (QED) is 0.437. The van der Waals surface area contributed by atoms with Gasteiger partial charge < -0.3 is 15.4 Å². The van der Waals surface area contributed by atoms with Crippen molar-refractivity contribution in [3.63, 3.8) is 0 Å². The van der Waals surface area contributed by atoms with Crippen LogP contribution in [-0.2, 0) is 0 Å². The molecule has 0 saturated carbocycles. The van der Waals surface area contributed by atoms with E-state index in [0.29, 0.717) is 17.5 Å². The fourth-order valence-corrected chi connectivity index (χ4v) is 4.06. The van der Waals surface area contributed by atoms with E-state index < -0.39 is 0 Å². The molecule has 28 heavy (non-hydrogen) atoms. The number of nitrogens with one attached hydrogen (secondary N) is 2. The Morgan fingerprint density at radius 3 is 2.64 bits per heavy atom. The number of hydrogen-bond acceptors (Lipinski definition) is 6. The van der Waals surface area contributed by atoms with Crippen LogP contribution in [0.5, 0.6) is 11.5 Å². The number of anilines is 2. The number of benzene rings is 1. The van der Waals surface area contributed by atoms with Crippen LogP contribution in [0, 0.1) is 0 Å². The van der Waals surface area contributed by atoms with Crippen LogP contribution in [0.15, 0.2) is 52.4 Å². The Kier molecular flexibility index (Phi) is 8.98. The Labute approximate surface area is 189 Å². The van der Waals surface area contributed by atoms with Gasteiger partial charge in [-0.25, -0.2) is 9.97 Å². The zero-order valence-electron chi connectivity index (χ0n) is 14.9. The molecular formula is C19H21BrCl2N4OS. The van der Waals surface area contributed by atoms with Crippen LogP contribution in [-0.4, -0.2) is 23.1 Å². The molecule has 0 unspecified atom stereocenters. The first-order valence-corrected chi connectivity index (χ1v) is 10.3. The minimum Gasteiger partial charge on any atom is -0.453 e. The molecule has 0 spiro atoms. The molecule has 5 nitrogen and oxygen atoms in total. The van der Waals surface area contributed by atoms with E-state index in [1.807, 2.05) is 36.4 Å². The fourth-order valence-electron chi connectivity index (χ4n) is 2.96. The van der Waals surface area contributed by atoms with Gasteiger partial charge in [0.15, 0.2) is 16.7 Å². The average Bonchev–Trinajstić information content (AvgIpc) is 3.14. The average molecular weight is 504 g/mol. The molecule has 9 heteroatoms. The van der Waals surface area contributed by atoms with Gasteiger partial charge in [0.05, 0.1) is 5.69 Å². The lowest BCUT2D eigenvalue weighted by atomic mass is 9.96. The molecule has 1 fully saturated rings. The van der Waals surface area contributed by atoms with Crippen molar-refractivity contribution < 1.29 is 4.74 Å². The van der Waals surface area contributed by atoms with E-state index in [0.717, 1.165) is 41.3 Å². The van der Waals surface area contributed by atoms with Crippen molar-refractivity contribution in [2.24, 2.45) is 0 Å². The van der Waals surface area contributed by atoms with Gasteiger partial charge in [-0.3, -0.25) is 0 Å². The summed E-state index contributed by atoms with van der Waals surface area (Å²) in [5.41, 5.74) is 1.17. The van der Waals surface area contributed by atoms with Gasteiger partial charge in [-0.2, -0.15) is 0 Å². The SMILES string of the molecule is Brc1cnc(Nc2nc(C3CCNCC3)cs2)c(Oc2ccccc2)c1.Cl.Cl. The maximum absolute atomic E-state index is 6.00. The first-order chi connectivity index (χ1) is 12.8. The fraction of sp³-hybridized carbons (Fsp3) is 0.263. The van der Waals surface area contributed by atoms with Crippen molar-refractivity contribution in [1.82, 2.24) is 15.3 Å². The van der Waals surface area contributed by atoms with Crippen molar-refractivity contribution in [2.75, 3.05) is 18.4 Å². The van der Waals surface area contributed by atoms with Gasteiger partial charge >= 0.3 is 0 Å². The monoisotopic (exact) mass is 502 g/mol. The molecule has 3 aromatic rings. The highest BCUT2D eigenvalue weighted by molar-refractivity contribution is 9.10. The lowest BCUT2D eigenvalue weighted by molar-refractivity contribution is 0.455. The van der Waals surface area contributed by atoms with Crippen molar-refractivity contribution in [2.45, 2.75) is 18.8 Å².